The number of benzene rings is 3. The zero-order chi connectivity index (χ0) is 19.1. The van der Waals surface area contributed by atoms with Crippen LogP contribution >= 0.6 is 11.6 Å². The van der Waals surface area contributed by atoms with E-state index in [1.54, 1.807) is 12.1 Å². The summed E-state index contributed by atoms with van der Waals surface area (Å²) < 4.78 is 5.81. The van der Waals surface area contributed by atoms with Crippen molar-refractivity contribution in [2.24, 2.45) is 0 Å². The van der Waals surface area contributed by atoms with Gasteiger partial charge in [-0.05, 0) is 42.3 Å². The Morgan fingerprint density at radius 1 is 1.00 bits per heavy atom. The highest BCUT2D eigenvalue weighted by molar-refractivity contribution is 6.31. The molecule has 4 nitrogen and oxygen atoms in total. The quantitative estimate of drug-likeness (QED) is 0.586. The van der Waals surface area contributed by atoms with Gasteiger partial charge in [-0.2, -0.15) is 0 Å². The van der Waals surface area contributed by atoms with Gasteiger partial charge < -0.3 is 15.4 Å². The van der Waals surface area contributed by atoms with E-state index in [-0.39, 0.29) is 12.5 Å². The number of nitrogens with one attached hydrogen (secondary N) is 2. The van der Waals surface area contributed by atoms with Crippen molar-refractivity contribution in [1.82, 2.24) is 0 Å². The van der Waals surface area contributed by atoms with Crippen molar-refractivity contribution >= 4 is 28.9 Å². The average Bonchev–Trinajstić information content (AvgIpc) is 2.69. The number of anilines is 2. The molecule has 27 heavy (non-hydrogen) atoms. The highest BCUT2D eigenvalue weighted by Crippen LogP contribution is 2.21. The van der Waals surface area contributed by atoms with E-state index in [0.29, 0.717) is 17.3 Å². The summed E-state index contributed by atoms with van der Waals surface area (Å²) in [7, 11) is 0. The summed E-state index contributed by atoms with van der Waals surface area (Å²) in [6.45, 7) is 2.57. The summed E-state index contributed by atoms with van der Waals surface area (Å²) in [5, 5.41) is 6.57. The Hall–Kier alpha value is -2.98. The molecule has 3 aromatic rings. The van der Waals surface area contributed by atoms with Crippen molar-refractivity contribution in [2.45, 2.75) is 13.5 Å². The van der Waals surface area contributed by atoms with E-state index in [1.807, 2.05) is 67.6 Å². The predicted molar refractivity (Wildman–Crippen MR) is 111 cm³/mol. The molecule has 0 saturated heterocycles. The normalized spacial score (nSPS) is 10.3. The number of ether oxygens (including phenoxy) is 1. The van der Waals surface area contributed by atoms with Gasteiger partial charge in [0.25, 0.3) is 0 Å². The van der Waals surface area contributed by atoms with E-state index in [4.69, 9.17) is 16.3 Å². The number of hydrogen-bond acceptors (Lipinski definition) is 3. The summed E-state index contributed by atoms with van der Waals surface area (Å²) in [4.78, 5) is 12.2. The van der Waals surface area contributed by atoms with Crippen molar-refractivity contribution in [2.75, 3.05) is 17.2 Å². The summed E-state index contributed by atoms with van der Waals surface area (Å²) in [5.74, 6) is 0.603. The van der Waals surface area contributed by atoms with E-state index in [2.05, 4.69) is 10.6 Å². The SMILES string of the molecule is Cc1ccc(Cl)cc1NC(=O)CNc1cccc(OCc2ccccc2)c1. The molecular formula is C22H21ClN2O2. The molecule has 0 unspecified atom stereocenters. The lowest BCUT2D eigenvalue weighted by molar-refractivity contribution is -0.114. The molecule has 0 fully saturated rings. The maximum atomic E-state index is 12.2. The minimum atomic E-state index is -0.143. The topological polar surface area (TPSA) is 50.4 Å². The monoisotopic (exact) mass is 380 g/mol. The number of amides is 1. The van der Waals surface area contributed by atoms with Gasteiger partial charge in [0.2, 0.25) is 5.91 Å². The first-order valence-electron chi connectivity index (χ1n) is 8.67. The van der Waals surface area contributed by atoms with Gasteiger partial charge in [0.05, 0.1) is 6.54 Å². The second kappa shape index (κ2) is 9.10. The van der Waals surface area contributed by atoms with Crippen LogP contribution in [0, 0.1) is 6.92 Å². The molecule has 2 N–H and O–H groups in total. The van der Waals surface area contributed by atoms with Crippen LogP contribution in [0.1, 0.15) is 11.1 Å². The Bertz CT molecular complexity index is 913. The van der Waals surface area contributed by atoms with Gasteiger partial charge in [0.15, 0.2) is 0 Å². The van der Waals surface area contributed by atoms with Gasteiger partial charge in [0, 0.05) is 22.5 Å². The van der Waals surface area contributed by atoms with Gasteiger partial charge in [-0.15, -0.1) is 0 Å². The van der Waals surface area contributed by atoms with Crippen LogP contribution in [0.25, 0.3) is 0 Å². The van der Waals surface area contributed by atoms with Crippen LogP contribution in [0.5, 0.6) is 5.75 Å². The standard InChI is InChI=1S/C22H21ClN2O2/c1-16-10-11-18(23)12-21(16)25-22(26)14-24-19-8-5-9-20(13-19)27-15-17-6-3-2-4-7-17/h2-13,24H,14-15H2,1H3,(H,25,26). The van der Waals surface area contributed by atoms with Crippen LogP contribution in [0.2, 0.25) is 5.02 Å². The lowest BCUT2D eigenvalue weighted by atomic mass is 10.2. The zero-order valence-electron chi connectivity index (χ0n) is 15.0. The first-order chi connectivity index (χ1) is 13.1. The molecule has 0 bridgehead atoms. The van der Waals surface area contributed by atoms with Crippen LogP contribution in [-0.4, -0.2) is 12.5 Å². The Morgan fingerprint density at radius 3 is 2.63 bits per heavy atom. The third-order valence-corrected chi connectivity index (χ3v) is 4.24. The maximum Gasteiger partial charge on any atom is 0.243 e. The largest absolute Gasteiger partial charge is 0.489 e. The molecule has 138 valence electrons. The number of hydrogen-bond donors (Lipinski definition) is 2. The molecule has 0 aromatic heterocycles. The highest BCUT2D eigenvalue weighted by atomic mass is 35.5. The maximum absolute atomic E-state index is 12.2. The molecule has 1 amide bonds. The summed E-state index contributed by atoms with van der Waals surface area (Å²) in [6, 6.07) is 22.9. The number of halogens is 1. The number of carbonyl (C=O) groups excluding carboxylic acids is 1. The van der Waals surface area contributed by atoms with Crippen molar-refractivity contribution in [3.63, 3.8) is 0 Å². The lowest BCUT2D eigenvalue weighted by Crippen LogP contribution is -2.22. The molecule has 0 radical (unpaired) electrons. The molecule has 0 aliphatic carbocycles. The Balaban J connectivity index is 1.53. The second-order valence-electron chi connectivity index (χ2n) is 6.16. The fourth-order valence-electron chi connectivity index (χ4n) is 2.54. The molecule has 0 heterocycles. The van der Waals surface area contributed by atoms with E-state index in [0.717, 1.165) is 22.6 Å². The first-order valence-corrected chi connectivity index (χ1v) is 9.04. The fraction of sp³-hybridized carbons (Fsp3) is 0.136. The average molecular weight is 381 g/mol. The van der Waals surface area contributed by atoms with Gasteiger partial charge >= 0.3 is 0 Å². The van der Waals surface area contributed by atoms with Gasteiger partial charge in [-0.25, -0.2) is 0 Å². The van der Waals surface area contributed by atoms with E-state index in [1.165, 1.54) is 0 Å². The smallest absolute Gasteiger partial charge is 0.243 e. The van der Waals surface area contributed by atoms with Crippen LogP contribution in [0.3, 0.4) is 0 Å². The Morgan fingerprint density at radius 2 is 1.81 bits per heavy atom. The zero-order valence-corrected chi connectivity index (χ0v) is 15.8. The van der Waals surface area contributed by atoms with E-state index < -0.39 is 0 Å². The van der Waals surface area contributed by atoms with E-state index >= 15 is 0 Å². The van der Waals surface area contributed by atoms with Crippen LogP contribution in [0.4, 0.5) is 11.4 Å². The highest BCUT2D eigenvalue weighted by Gasteiger charge is 2.06. The molecule has 0 spiro atoms. The number of rotatable bonds is 7. The Kier molecular flexibility index (Phi) is 6.34. The predicted octanol–water partition coefficient (Wildman–Crippen LogP) is 5.28. The van der Waals surface area contributed by atoms with Gasteiger partial charge in [-0.1, -0.05) is 54.1 Å². The third-order valence-electron chi connectivity index (χ3n) is 4.01. The Labute approximate surface area is 164 Å². The summed E-state index contributed by atoms with van der Waals surface area (Å²) in [6.07, 6.45) is 0. The minimum absolute atomic E-state index is 0.143. The molecule has 3 rings (SSSR count). The van der Waals surface area contributed by atoms with Gasteiger partial charge in [0.1, 0.15) is 12.4 Å². The van der Waals surface area contributed by atoms with Crippen molar-refractivity contribution in [3.8, 4) is 5.75 Å². The number of aryl methyl sites for hydroxylation is 1. The van der Waals surface area contributed by atoms with Crippen LogP contribution in [0.15, 0.2) is 72.8 Å². The molecule has 0 saturated carbocycles. The van der Waals surface area contributed by atoms with E-state index in [9.17, 15) is 4.79 Å². The third kappa shape index (κ3) is 5.76. The molecule has 3 aromatic carbocycles. The molecule has 0 aliphatic heterocycles. The lowest BCUT2D eigenvalue weighted by Gasteiger charge is -2.11. The first kappa shape index (κ1) is 18.8. The van der Waals surface area contributed by atoms with Crippen LogP contribution in [-0.2, 0) is 11.4 Å². The van der Waals surface area contributed by atoms with Crippen molar-refractivity contribution < 1.29 is 9.53 Å². The minimum Gasteiger partial charge on any atom is -0.489 e. The van der Waals surface area contributed by atoms with Crippen molar-refractivity contribution in [1.29, 1.82) is 0 Å². The summed E-state index contributed by atoms with van der Waals surface area (Å²) >= 11 is 5.98. The van der Waals surface area contributed by atoms with Crippen LogP contribution < -0.4 is 15.4 Å². The summed E-state index contributed by atoms with van der Waals surface area (Å²) in [5.41, 5.74) is 3.60. The van der Waals surface area contributed by atoms with Crippen molar-refractivity contribution in [3.05, 3.63) is 88.9 Å². The molecule has 0 atom stereocenters. The fourth-order valence-corrected chi connectivity index (χ4v) is 2.71. The number of carbonyl (C=O) groups is 1. The molecule has 0 aliphatic rings. The molecular weight excluding hydrogens is 360 g/mol. The molecule has 5 heteroatoms. The van der Waals surface area contributed by atoms with Gasteiger partial charge in [-0.3, -0.25) is 4.79 Å². The second-order valence-corrected chi connectivity index (χ2v) is 6.60.